The number of carboxylic acid groups (broad SMARTS) is 1. The average molecular weight is 398 g/mol. The molecule has 2 saturated carbocycles. The fourth-order valence-corrected chi connectivity index (χ4v) is 3.78. The van der Waals surface area contributed by atoms with Crippen molar-refractivity contribution in [2.24, 2.45) is 5.92 Å². The van der Waals surface area contributed by atoms with Gasteiger partial charge < -0.3 is 15.2 Å². The minimum Gasteiger partial charge on any atom is -0.497 e. The van der Waals surface area contributed by atoms with Gasteiger partial charge in [-0.05, 0) is 49.8 Å². The number of rotatable bonds is 9. The Labute approximate surface area is 169 Å². The number of aliphatic carboxylic acids is 1. The number of nitrogens with zero attached hydrogens (tertiary/aromatic N) is 2. The van der Waals surface area contributed by atoms with Crippen molar-refractivity contribution in [2.75, 3.05) is 20.2 Å². The normalized spacial score (nSPS) is 20.9. The Hall–Kier alpha value is -2.87. The molecule has 1 amide bonds. The Morgan fingerprint density at radius 3 is 2.79 bits per heavy atom. The predicted octanol–water partition coefficient (Wildman–Crippen LogP) is 2.14. The smallest absolute Gasteiger partial charge is 0.317 e. The molecular formula is C21H26N4O4. The van der Waals surface area contributed by atoms with Crippen LogP contribution in [0.4, 0.5) is 0 Å². The van der Waals surface area contributed by atoms with Crippen LogP contribution in [-0.2, 0) is 4.79 Å². The third-order valence-corrected chi connectivity index (χ3v) is 5.68. The van der Waals surface area contributed by atoms with E-state index in [1.807, 2.05) is 24.3 Å². The van der Waals surface area contributed by atoms with Gasteiger partial charge in [-0.3, -0.25) is 19.6 Å². The highest BCUT2D eigenvalue weighted by atomic mass is 16.5. The summed E-state index contributed by atoms with van der Waals surface area (Å²) in [6, 6.07) is 9.52. The molecule has 3 N–H and O–H groups in total. The maximum absolute atomic E-state index is 12.5. The number of aromatic nitrogens is 2. The molecule has 8 nitrogen and oxygen atoms in total. The maximum Gasteiger partial charge on any atom is 0.317 e. The van der Waals surface area contributed by atoms with E-state index in [1.54, 1.807) is 13.2 Å². The van der Waals surface area contributed by atoms with E-state index < -0.39 is 5.97 Å². The molecule has 0 atom stereocenters. The van der Waals surface area contributed by atoms with Crippen molar-refractivity contribution in [1.29, 1.82) is 0 Å². The Morgan fingerprint density at radius 2 is 2.10 bits per heavy atom. The van der Waals surface area contributed by atoms with Crippen LogP contribution in [0.2, 0.25) is 0 Å². The molecule has 29 heavy (non-hydrogen) atoms. The largest absolute Gasteiger partial charge is 0.497 e. The summed E-state index contributed by atoms with van der Waals surface area (Å²) in [4.78, 5) is 25.7. The third kappa shape index (κ3) is 4.76. The van der Waals surface area contributed by atoms with E-state index in [9.17, 15) is 9.59 Å². The van der Waals surface area contributed by atoms with E-state index in [1.165, 1.54) is 12.8 Å². The summed E-state index contributed by atoms with van der Waals surface area (Å²) < 4.78 is 5.23. The summed E-state index contributed by atoms with van der Waals surface area (Å²) in [5.41, 5.74) is 1.96. The second-order valence-corrected chi connectivity index (χ2v) is 7.96. The lowest BCUT2D eigenvalue weighted by molar-refractivity contribution is -0.139. The first-order valence-electron chi connectivity index (χ1n) is 9.98. The Balaban J connectivity index is 1.31. The van der Waals surface area contributed by atoms with Crippen molar-refractivity contribution in [1.82, 2.24) is 20.4 Å². The number of benzene rings is 1. The van der Waals surface area contributed by atoms with Gasteiger partial charge in [0.25, 0.3) is 5.91 Å². The molecule has 2 aliphatic rings. The number of hydrogen-bond acceptors (Lipinski definition) is 5. The molecular weight excluding hydrogens is 372 g/mol. The number of methoxy groups -OCH3 is 1. The summed E-state index contributed by atoms with van der Waals surface area (Å²) in [7, 11) is 1.61. The maximum atomic E-state index is 12.5. The van der Waals surface area contributed by atoms with Crippen LogP contribution in [0.1, 0.15) is 36.2 Å². The first kappa shape index (κ1) is 19.4. The molecule has 2 aromatic rings. The van der Waals surface area contributed by atoms with E-state index in [2.05, 4.69) is 20.4 Å². The zero-order valence-corrected chi connectivity index (χ0v) is 16.4. The minimum atomic E-state index is -0.791. The molecule has 2 fully saturated rings. The lowest BCUT2D eigenvalue weighted by Gasteiger charge is -2.42. The molecule has 1 aromatic carbocycles. The van der Waals surface area contributed by atoms with Gasteiger partial charge in [0.15, 0.2) is 0 Å². The highest BCUT2D eigenvalue weighted by Crippen LogP contribution is 2.34. The number of carbonyl (C=O) groups excluding carboxylic acids is 1. The van der Waals surface area contributed by atoms with Crippen molar-refractivity contribution in [3.05, 3.63) is 36.0 Å². The topological polar surface area (TPSA) is 108 Å². The molecule has 8 heteroatoms. The van der Waals surface area contributed by atoms with Crippen LogP contribution in [0.5, 0.6) is 5.75 Å². The fourth-order valence-electron chi connectivity index (χ4n) is 3.78. The molecule has 4 rings (SSSR count). The number of carboxylic acids is 1. The first-order valence-corrected chi connectivity index (χ1v) is 9.98. The van der Waals surface area contributed by atoms with E-state index in [0.717, 1.165) is 30.7 Å². The van der Waals surface area contributed by atoms with Gasteiger partial charge in [-0.2, -0.15) is 5.10 Å². The molecule has 1 heterocycles. The monoisotopic (exact) mass is 398 g/mol. The minimum absolute atomic E-state index is 0.0616. The van der Waals surface area contributed by atoms with Gasteiger partial charge in [0.05, 0.1) is 19.3 Å². The lowest BCUT2D eigenvalue weighted by atomic mass is 9.85. The van der Waals surface area contributed by atoms with Gasteiger partial charge >= 0.3 is 5.97 Å². The van der Waals surface area contributed by atoms with Crippen molar-refractivity contribution < 1.29 is 19.4 Å². The van der Waals surface area contributed by atoms with Crippen LogP contribution >= 0.6 is 0 Å². The molecule has 2 aliphatic carbocycles. The number of ether oxygens (including phenoxy) is 1. The van der Waals surface area contributed by atoms with Crippen molar-refractivity contribution >= 4 is 11.9 Å². The van der Waals surface area contributed by atoms with Gasteiger partial charge in [-0.15, -0.1) is 0 Å². The molecule has 0 bridgehead atoms. The number of aromatic amines is 1. The first-order chi connectivity index (χ1) is 14.0. The van der Waals surface area contributed by atoms with Gasteiger partial charge in [0.2, 0.25) is 0 Å². The van der Waals surface area contributed by atoms with E-state index in [-0.39, 0.29) is 24.5 Å². The summed E-state index contributed by atoms with van der Waals surface area (Å²) in [5.74, 6) is 0.389. The van der Waals surface area contributed by atoms with E-state index in [0.29, 0.717) is 17.3 Å². The third-order valence-electron chi connectivity index (χ3n) is 5.68. The van der Waals surface area contributed by atoms with Crippen LogP contribution in [0.15, 0.2) is 30.3 Å². The van der Waals surface area contributed by atoms with Crippen LogP contribution in [-0.4, -0.2) is 64.4 Å². The fraction of sp³-hybridized carbons (Fsp3) is 0.476. The van der Waals surface area contributed by atoms with E-state index in [4.69, 9.17) is 9.84 Å². The van der Waals surface area contributed by atoms with Crippen LogP contribution in [0.25, 0.3) is 11.3 Å². The molecule has 0 radical (unpaired) electrons. The second kappa shape index (κ2) is 8.24. The summed E-state index contributed by atoms with van der Waals surface area (Å²) >= 11 is 0. The zero-order valence-electron chi connectivity index (χ0n) is 16.4. The molecule has 0 spiro atoms. The Bertz CT molecular complexity index is 886. The molecule has 154 valence electrons. The number of H-pyrrole nitrogens is 1. The highest BCUT2D eigenvalue weighted by molar-refractivity contribution is 5.93. The summed E-state index contributed by atoms with van der Waals surface area (Å²) in [6.45, 7) is 0.925. The standard InChI is InChI=1S/C21H26N4O4/c1-29-17-4-2-3-14(7-17)18-10-19(24-23-18)21(28)22-15-8-16(9-15)25(12-20(26)27)11-13-5-6-13/h2-4,7,10,13,15-16H,5-6,8-9,11-12H2,1H3,(H,22,28)(H,23,24)(H,26,27). The van der Waals surface area contributed by atoms with Gasteiger partial charge in [-0.1, -0.05) is 12.1 Å². The van der Waals surface area contributed by atoms with Crippen molar-refractivity contribution in [2.45, 2.75) is 37.8 Å². The van der Waals surface area contributed by atoms with Crippen molar-refractivity contribution in [3.63, 3.8) is 0 Å². The number of hydrogen-bond donors (Lipinski definition) is 3. The Morgan fingerprint density at radius 1 is 1.31 bits per heavy atom. The predicted molar refractivity (Wildman–Crippen MR) is 107 cm³/mol. The van der Waals surface area contributed by atoms with Crippen molar-refractivity contribution in [3.8, 4) is 17.0 Å². The van der Waals surface area contributed by atoms with Gasteiger partial charge in [0.1, 0.15) is 11.4 Å². The number of nitrogens with one attached hydrogen (secondary N) is 2. The zero-order chi connectivity index (χ0) is 20.4. The SMILES string of the molecule is COc1cccc(-c2cc(C(=O)NC3CC(N(CC(=O)O)CC4CC4)C3)[nH]n2)c1. The van der Waals surface area contributed by atoms with Crippen LogP contribution < -0.4 is 10.1 Å². The van der Waals surface area contributed by atoms with Gasteiger partial charge in [-0.25, -0.2) is 0 Å². The molecule has 0 aliphatic heterocycles. The quantitative estimate of drug-likeness (QED) is 0.597. The molecule has 0 unspecified atom stereocenters. The number of amides is 1. The summed E-state index contributed by atoms with van der Waals surface area (Å²) in [6.07, 6.45) is 3.95. The second-order valence-electron chi connectivity index (χ2n) is 7.96. The average Bonchev–Trinajstić information content (AvgIpc) is 3.34. The van der Waals surface area contributed by atoms with Crippen LogP contribution in [0, 0.1) is 5.92 Å². The Kier molecular flexibility index (Phi) is 5.53. The van der Waals surface area contributed by atoms with Gasteiger partial charge in [0, 0.05) is 24.2 Å². The lowest BCUT2D eigenvalue weighted by Crippen LogP contribution is -2.55. The van der Waals surface area contributed by atoms with E-state index >= 15 is 0 Å². The van der Waals surface area contributed by atoms with Crippen LogP contribution in [0.3, 0.4) is 0 Å². The summed E-state index contributed by atoms with van der Waals surface area (Å²) in [5, 5.41) is 19.2. The molecule has 1 aromatic heterocycles. The highest BCUT2D eigenvalue weighted by Gasteiger charge is 2.37. The number of carbonyl (C=O) groups is 2. The molecule has 0 saturated heterocycles.